The van der Waals surface area contributed by atoms with Crippen molar-refractivity contribution >= 4 is 17.3 Å². The first-order valence-electron chi connectivity index (χ1n) is 14.7. The summed E-state index contributed by atoms with van der Waals surface area (Å²) in [4.78, 5) is 33.0. The Kier molecular flexibility index (Phi) is 8.79. The Morgan fingerprint density at radius 3 is 2.42 bits per heavy atom. The molecule has 0 atom stereocenters. The number of nitrogens with zero attached hydrogens (tertiary/aromatic N) is 6. The molecule has 2 aromatic carbocycles. The Hall–Kier alpha value is -4.11. The zero-order valence-electron chi connectivity index (χ0n) is 25.0. The van der Waals surface area contributed by atoms with Gasteiger partial charge in [-0.3, -0.25) is 14.7 Å². The van der Waals surface area contributed by atoms with Crippen molar-refractivity contribution in [3.63, 3.8) is 0 Å². The number of aryl methyl sites for hydroxylation is 2. The summed E-state index contributed by atoms with van der Waals surface area (Å²) in [5.41, 5.74) is 9.09. The molecule has 43 heavy (non-hydrogen) atoms. The molecule has 7 nitrogen and oxygen atoms in total. The fourth-order valence-electron chi connectivity index (χ4n) is 5.40. The van der Waals surface area contributed by atoms with Crippen molar-refractivity contribution in [2.24, 2.45) is 0 Å². The lowest BCUT2D eigenvalue weighted by Crippen LogP contribution is -2.43. The van der Waals surface area contributed by atoms with Crippen molar-refractivity contribution in [2.45, 2.75) is 33.2 Å². The van der Waals surface area contributed by atoms with Crippen molar-refractivity contribution < 1.29 is 4.79 Å². The molecule has 0 bridgehead atoms. The normalized spacial score (nSPS) is 14.2. The SMILES string of the molecule is Cc1cc(-c2cncc(-c3ccnc(Cc4cc(CC(=O)c5ccc(CN6CCN(C)CC6)cc5)ccc4C)n3)c2)sn1. The van der Waals surface area contributed by atoms with Crippen molar-refractivity contribution in [2.75, 3.05) is 33.2 Å². The number of carbonyl (C=O) groups excluding carboxylic acids is 1. The summed E-state index contributed by atoms with van der Waals surface area (Å²) in [7, 11) is 2.17. The van der Waals surface area contributed by atoms with E-state index in [0.717, 1.165) is 88.2 Å². The van der Waals surface area contributed by atoms with Crippen LogP contribution >= 0.6 is 11.5 Å². The third-order valence-corrected chi connectivity index (χ3v) is 8.99. The monoisotopic (exact) mass is 588 g/mol. The number of aromatic nitrogens is 4. The van der Waals surface area contributed by atoms with Gasteiger partial charge in [-0.25, -0.2) is 9.97 Å². The number of rotatable bonds is 9. The van der Waals surface area contributed by atoms with Gasteiger partial charge in [0.15, 0.2) is 5.78 Å². The van der Waals surface area contributed by atoms with Crippen LogP contribution in [0.3, 0.4) is 0 Å². The van der Waals surface area contributed by atoms with E-state index in [0.29, 0.717) is 12.8 Å². The molecule has 6 rings (SSSR count). The first-order valence-corrected chi connectivity index (χ1v) is 15.5. The van der Waals surface area contributed by atoms with Crippen molar-refractivity contribution in [3.05, 3.63) is 119 Å². The first-order chi connectivity index (χ1) is 20.9. The van der Waals surface area contributed by atoms with Crippen LogP contribution in [-0.2, 0) is 19.4 Å². The van der Waals surface area contributed by atoms with E-state index >= 15 is 0 Å². The fraction of sp³-hybridized carbons (Fsp3) is 0.286. The number of hydrogen-bond donors (Lipinski definition) is 0. The summed E-state index contributed by atoms with van der Waals surface area (Å²) in [6.45, 7) is 9.39. The molecule has 218 valence electrons. The van der Waals surface area contributed by atoms with Gasteiger partial charge in [-0.15, -0.1) is 0 Å². The molecule has 0 radical (unpaired) electrons. The predicted octanol–water partition coefficient (Wildman–Crippen LogP) is 6.04. The van der Waals surface area contributed by atoms with Crippen LogP contribution in [0.2, 0.25) is 0 Å². The van der Waals surface area contributed by atoms with Gasteiger partial charge in [0.25, 0.3) is 0 Å². The maximum absolute atomic E-state index is 13.2. The Balaban J connectivity index is 1.12. The van der Waals surface area contributed by atoms with Crippen LogP contribution < -0.4 is 0 Å². The Morgan fingerprint density at radius 1 is 0.884 bits per heavy atom. The molecule has 0 aliphatic carbocycles. The summed E-state index contributed by atoms with van der Waals surface area (Å²) < 4.78 is 4.40. The third kappa shape index (κ3) is 7.28. The molecular formula is C35H36N6OS. The molecule has 1 aliphatic heterocycles. The van der Waals surface area contributed by atoms with Crippen molar-refractivity contribution in [1.29, 1.82) is 0 Å². The van der Waals surface area contributed by atoms with Crippen molar-refractivity contribution in [1.82, 2.24) is 29.1 Å². The van der Waals surface area contributed by atoms with E-state index < -0.39 is 0 Å². The van der Waals surface area contributed by atoms with Crippen LogP contribution in [-0.4, -0.2) is 68.1 Å². The van der Waals surface area contributed by atoms with E-state index in [1.165, 1.54) is 17.1 Å². The molecule has 8 heteroatoms. The number of ketones is 1. The second-order valence-corrected chi connectivity index (χ2v) is 12.3. The molecule has 1 fully saturated rings. The van der Waals surface area contributed by atoms with Gasteiger partial charge in [-0.05, 0) is 72.9 Å². The Morgan fingerprint density at radius 2 is 1.65 bits per heavy atom. The van der Waals surface area contributed by atoms with Crippen molar-refractivity contribution in [3.8, 4) is 21.7 Å². The van der Waals surface area contributed by atoms with Crippen LogP contribution in [0.25, 0.3) is 21.7 Å². The molecule has 5 aromatic rings. The lowest BCUT2D eigenvalue weighted by atomic mass is 9.97. The van der Waals surface area contributed by atoms with Gasteiger partial charge < -0.3 is 4.90 Å². The number of hydrogen-bond acceptors (Lipinski definition) is 8. The summed E-state index contributed by atoms with van der Waals surface area (Å²) >= 11 is 1.47. The highest BCUT2D eigenvalue weighted by Gasteiger charge is 2.15. The number of benzene rings is 2. The highest BCUT2D eigenvalue weighted by atomic mass is 32.1. The third-order valence-electron chi connectivity index (χ3n) is 8.06. The van der Waals surface area contributed by atoms with E-state index in [2.05, 4.69) is 74.5 Å². The molecule has 0 unspecified atom stereocenters. The number of Topliss-reactive ketones (excluding diaryl/α,β-unsaturated/α-hetero) is 1. The second kappa shape index (κ2) is 13.0. The number of likely N-dealkylation sites (N-methyl/N-ethyl adjacent to an activating group) is 1. The molecule has 0 amide bonds. The largest absolute Gasteiger partial charge is 0.304 e. The summed E-state index contributed by atoms with van der Waals surface area (Å²) in [5.74, 6) is 0.863. The van der Waals surface area contributed by atoms with E-state index in [1.807, 2.05) is 43.6 Å². The summed E-state index contributed by atoms with van der Waals surface area (Å²) in [6, 6.07) is 20.5. The highest BCUT2D eigenvalue weighted by Crippen LogP contribution is 2.28. The minimum atomic E-state index is 0.128. The van der Waals surface area contributed by atoms with Gasteiger partial charge in [0.1, 0.15) is 5.82 Å². The van der Waals surface area contributed by atoms with Crippen LogP contribution in [0, 0.1) is 13.8 Å². The number of pyridine rings is 1. The smallest absolute Gasteiger partial charge is 0.167 e. The Labute approximate surface area is 257 Å². The van der Waals surface area contributed by atoms with Crippen LogP contribution in [0.5, 0.6) is 0 Å². The highest BCUT2D eigenvalue weighted by molar-refractivity contribution is 7.09. The molecule has 3 aromatic heterocycles. The number of carbonyl (C=O) groups is 1. The van der Waals surface area contributed by atoms with Crippen LogP contribution in [0.4, 0.5) is 0 Å². The molecular weight excluding hydrogens is 552 g/mol. The molecule has 4 heterocycles. The average molecular weight is 589 g/mol. The lowest BCUT2D eigenvalue weighted by Gasteiger charge is -2.32. The van der Waals surface area contributed by atoms with Crippen LogP contribution in [0.15, 0.2) is 79.3 Å². The molecule has 1 aliphatic rings. The van der Waals surface area contributed by atoms with Gasteiger partial charge in [-0.2, -0.15) is 4.37 Å². The van der Waals surface area contributed by atoms with Gasteiger partial charge >= 0.3 is 0 Å². The molecule has 0 spiro atoms. The maximum Gasteiger partial charge on any atom is 0.167 e. The fourth-order valence-corrected chi connectivity index (χ4v) is 6.14. The van der Waals surface area contributed by atoms with Gasteiger partial charge in [0, 0.05) is 80.8 Å². The van der Waals surface area contributed by atoms with Crippen LogP contribution in [0.1, 0.15) is 44.1 Å². The van der Waals surface area contributed by atoms with E-state index in [-0.39, 0.29) is 5.78 Å². The summed E-state index contributed by atoms with van der Waals surface area (Å²) in [5, 5.41) is 0. The van der Waals surface area contributed by atoms with E-state index in [4.69, 9.17) is 4.98 Å². The topological polar surface area (TPSA) is 75.1 Å². The quantitative estimate of drug-likeness (QED) is 0.194. The molecule has 1 saturated heterocycles. The number of piperazine rings is 1. The lowest BCUT2D eigenvalue weighted by molar-refractivity contribution is 0.0993. The molecule has 0 saturated carbocycles. The first kappa shape index (κ1) is 29.0. The minimum Gasteiger partial charge on any atom is -0.304 e. The Bertz CT molecular complexity index is 1720. The maximum atomic E-state index is 13.2. The minimum absolute atomic E-state index is 0.128. The van der Waals surface area contributed by atoms with Gasteiger partial charge in [0.05, 0.1) is 16.3 Å². The zero-order valence-corrected chi connectivity index (χ0v) is 25.8. The predicted molar refractivity (Wildman–Crippen MR) is 172 cm³/mol. The van der Waals surface area contributed by atoms with Gasteiger partial charge in [-0.1, -0.05) is 42.5 Å². The molecule has 0 N–H and O–H groups in total. The van der Waals surface area contributed by atoms with Gasteiger partial charge in [0.2, 0.25) is 0 Å². The second-order valence-electron chi connectivity index (χ2n) is 11.5. The summed E-state index contributed by atoms with van der Waals surface area (Å²) in [6.07, 6.45) is 6.44. The van der Waals surface area contributed by atoms with E-state index in [1.54, 1.807) is 6.20 Å². The van der Waals surface area contributed by atoms with E-state index in [9.17, 15) is 4.79 Å². The standard InChI is InChI=1S/C35H36N6OS/c1-24-4-5-27(18-33(42)28-8-6-26(7-9-28)23-41-14-12-40(3)13-15-41)17-29(24)20-35-37-11-10-32(38-35)30-19-31(22-36-21-30)34-16-25(2)39-43-34/h4-11,16-17,19,21-22H,12-15,18,20,23H2,1-3H3. The average Bonchev–Trinajstić information content (AvgIpc) is 3.47. The zero-order chi connectivity index (χ0) is 29.8.